The van der Waals surface area contributed by atoms with Gasteiger partial charge in [0.2, 0.25) is 0 Å². The van der Waals surface area contributed by atoms with Crippen molar-refractivity contribution in [2.45, 2.75) is 37.2 Å². The third-order valence-corrected chi connectivity index (χ3v) is 9.07. The zero-order chi connectivity index (χ0) is 24.0. The maximum absolute atomic E-state index is 13.4. The quantitative estimate of drug-likeness (QED) is 0.240. The van der Waals surface area contributed by atoms with Crippen LogP contribution in [0.2, 0.25) is 0 Å². The molecule has 0 amide bonds. The van der Waals surface area contributed by atoms with E-state index in [1.807, 2.05) is 4.98 Å². The van der Waals surface area contributed by atoms with E-state index in [4.69, 9.17) is 19.4 Å². The number of aromatic amines is 1. The molecule has 1 saturated heterocycles. The van der Waals surface area contributed by atoms with E-state index < -0.39 is 64.7 Å². The summed E-state index contributed by atoms with van der Waals surface area (Å²) in [5.41, 5.74) is -1.44. The van der Waals surface area contributed by atoms with Gasteiger partial charge in [-0.15, -0.1) is 0 Å². The lowest BCUT2D eigenvalue weighted by atomic mass is 10.2. The lowest BCUT2D eigenvalue weighted by molar-refractivity contribution is -0.0451. The van der Waals surface area contributed by atoms with Gasteiger partial charge in [-0.2, -0.15) is 8.78 Å². The molecule has 178 valence electrons. The third kappa shape index (κ3) is 5.64. The molecule has 31 heavy (non-hydrogen) atoms. The minimum atomic E-state index is -6.71. The Morgan fingerprint density at radius 1 is 1.26 bits per heavy atom. The molecule has 2 unspecified atom stereocenters. The average Bonchev–Trinajstić information content (AvgIpc) is 2.95. The Morgan fingerprint density at radius 3 is 2.39 bits per heavy atom. The number of alkyl halides is 2. The predicted octanol–water partition coefficient (Wildman–Crippen LogP) is -0.460. The van der Waals surface area contributed by atoms with Crippen LogP contribution in [0.3, 0.4) is 0 Å². The second-order valence-corrected chi connectivity index (χ2v) is 11.8. The number of H-pyrrole nitrogens is 1. The Hall–Kier alpha value is -1.09. The van der Waals surface area contributed by atoms with Gasteiger partial charge in [0, 0.05) is 18.2 Å². The van der Waals surface area contributed by atoms with E-state index in [0.717, 1.165) is 10.8 Å². The monoisotopic (exact) mass is 516 g/mol. The van der Waals surface area contributed by atoms with E-state index in [9.17, 15) is 42.1 Å². The van der Waals surface area contributed by atoms with E-state index in [1.165, 1.54) is 6.92 Å². The van der Waals surface area contributed by atoms with Gasteiger partial charge in [-0.1, -0.05) is 0 Å². The van der Waals surface area contributed by atoms with Crippen LogP contribution in [0.1, 0.15) is 18.2 Å². The SMILES string of the molecule is Cc1cn([C@H]2C[C@H](O)[C@@H](COP(=O)(O)OP(=O)(O)C(F)(F)P(=O)(O)O)O2)c(=O)[nH]c1=O. The zero-order valence-corrected chi connectivity index (χ0v) is 18.0. The van der Waals surface area contributed by atoms with Crippen LogP contribution >= 0.6 is 23.0 Å². The molecule has 2 heterocycles. The summed E-state index contributed by atoms with van der Waals surface area (Å²) in [4.78, 5) is 60.6. The summed E-state index contributed by atoms with van der Waals surface area (Å²) >= 11 is 0. The van der Waals surface area contributed by atoms with E-state index in [1.54, 1.807) is 0 Å². The van der Waals surface area contributed by atoms with Crippen LogP contribution in [0.25, 0.3) is 0 Å². The van der Waals surface area contributed by atoms with E-state index >= 15 is 0 Å². The molecule has 0 aliphatic carbocycles. The predicted molar refractivity (Wildman–Crippen MR) is 94.3 cm³/mol. The van der Waals surface area contributed by atoms with Gasteiger partial charge in [-0.05, 0) is 6.92 Å². The van der Waals surface area contributed by atoms with Gasteiger partial charge in [0.1, 0.15) is 12.3 Å². The number of aromatic nitrogens is 2. The lowest BCUT2D eigenvalue weighted by Gasteiger charge is -2.24. The number of aliphatic hydroxyl groups is 1. The maximum atomic E-state index is 13.4. The van der Waals surface area contributed by atoms with Crippen molar-refractivity contribution in [3.63, 3.8) is 0 Å². The van der Waals surface area contributed by atoms with Crippen LogP contribution in [0.15, 0.2) is 15.8 Å². The highest BCUT2D eigenvalue weighted by Gasteiger charge is 2.67. The summed E-state index contributed by atoms with van der Waals surface area (Å²) in [7, 11) is -19.1. The first-order chi connectivity index (χ1) is 13.9. The summed E-state index contributed by atoms with van der Waals surface area (Å²) in [6.45, 7) is 0.296. The number of rotatable bonds is 8. The minimum absolute atomic E-state index is 0.121. The lowest BCUT2D eigenvalue weighted by Crippen LogP contribution is -2.33. The third-order valence-electron chi connectivity index (χ3n) is 3.97. The molecule has 6 N–H and O–H groups in total. The highest BCUT2D eigenvalue weighted by Crippen LogP contribution is 2.77. The summed E-state index contributed by atoms with van der Waals surface area (Å²) in [5.74, 6) is 0. The average molecular weight is 516 g/mol. The number of ether oxygens (including phenoxy) is 1. The molecule has 1 fully saturated rings. The number of hydrogen-bond donors (Lipinski definition) is 6. The summed E-state index contributed by atoms with van der Waals surface area (Å²) < 4.78 is 74.3. The fourth-order valence-corrected chi connectivity index (χ4v) is 6.06. The second kappa shape index (κ2) is 8.69. The second-order valence-electron chi connectivity index (χ2n) is 6.33. The molecule has 1 aliphatic heterocycles. The number of phosphoric acid groups is 1. The molecule has 15 nitrogen and oxygen atoms in total. The molecule has 0 spiro atoms. The van der Waals surface area contributed by atoms with Crippen molar-refractivity contribution in [1.82, 2.24) is 9.55 Å². The van der Waals surface area contributed by atoms with E-state index in [2.05, 4.69) is 8.83 Å². The number of aryl methyl sites for hydroxylation is 1. The number of nitrogens with zero attached hydrogens (tertiary/aromatic N) is 1. The van der Waals surface area contributed by atoms with Crippen molar-refractivity contribution in [2.75, 3.05) is 6.61 Å². The minimum Gasteiger partial charge on any atom is -0.390 e. The summed E-state index contributed by atoms with van der Waals surface area (Å²) in [6, 6.07) is 0. The largest absolute Gasteiger partial charge is 0.479 e. The molecule has 1 aliphatic rings. The fraction of sp³-hybridized carbons (Fsp3) is 0.636. The smallest absolute Gasteiger partial charge is 0.390 e. The molecule has 1 aromatic heterocycles. The van der Waals surface area contributed by atoms with Crippen LogP contribution in [-0.4, -0.2) is 58.5 Å². The molecule has 5 atom stereocenters. The number of hydrogen-bond acceptors (Lipinski definition) is 9. The van der Waals surface area contributed by atoms with Crippen LogP contribution in [0.5, 0.6) is 0 Å². The van der Waals surface area contributed by atoms with Gasteiger partial charge in [-0.3, -0.25) is 28.0 Å². The number of nitrogens with one attached hydrogen (secondary N) is 1. The number of aliphatic hydroxyl groups excluding tert-OH is 1. The van der Waals surface area contributed by atoms with Gasteiger partial charge in [-0.25, -0.2) is 13.7 Å². The molecular weight excluding hydrogens is 499 g/mol. The van der Waals surface area contributed by atoms with Gasteiger partial charge in [0.15, 0.2) is 0 Å². The Morgan fingerprint density at radius 2 is 1.84 bits per heavy atom. The Kier molecular flexibility index (Phi) is 7.33. The number of halogens is 2. The molecular formula is C11H17F2N2O13P3. The summed E-state index contributed by atoms with van der Waals surface area (Å²) in [5, 5.41) is 4.26. The van der Waals surface area contributed by atoms with E-state index in [-0.39, 0.29) is 12.0 Å². The van der Waals surface area contributed by atoms with Crippen LogP contribution in [0.4, 0.5) is 8.78 Å². The normalized spacial score (nSPS) is 26.4. The first-order valence-corrected chi connectivity index (χ1v) is 12.7. The van der Waals surface area contributed by atoms with Crippen molar-refractivity contribution in [3.8, 4) is 0 Å². The fourth-order valence-electron chi connectivity index (χ4n) is 2.38. The zero-order valence-electron chi connectivity index (χ0n) is 15.3. The van der Waals surface area contributed by atoms with Crippen molar-refractivity contribution < 1.29 is 60.7 Å². The summed E-state index contributed by atoms with van der Waals surface area (Å²) in [6.07, 6.45) is -3.23. The first kappa shape index (κ1) is 26.2. The highest BCUT2D eigenvalue weighted by atomic mass is 31.3. The van der Waals surface area contributed by atoms with Gasteiger partial charge in [0.05, 0.1) is 12.7 Å². The Bertz CT molecular complexity index is 1100. The van der Waals surface area contributed by atoms with Crippen LogP contribution in [-0.2, 0) is 27.3 Å². The van der Waals surface area contributed by atoms with Crippen molar-refractivity contribution in [3.05, 3.63) is 32.6 Å². The van der Waals surface area contributed by atoms with Crippen molar-refractivity contribution in [2.24, 2.45) is 0 Å². The van der Waals surface area contributed by atoms with Crippen molar-refractivity contribution >= 4 is 23.0 Å². The molecule has 0 aromatic carbocycles. The highest BCUT2D eigenvalue weighted by molar-refractivity contribution is 7.75. The standard InChI is InChI=1S/C11H17F2N2O13P3/c1-5-3-15(10(18)14-9(5)17)8-2-6(16)7(27-8)4-26-31(24,25)28-30(22,23)11(12,13)29(19,20)21/h3,6-8,16H,2,4H2,1H3,(H,22,23)(H,24,25)(H,14,17,18)(H2,19,20,21)/t6-,7+,8+/m0/s1. The Labute approximate surface area is 170 Å². The topological polar surface area (TPSA) is 235 Å². The van der Waals surface area contributed by atoms with Crippen LogP contribution < -0.4 is 11.2 Å². The van der Waals surface area contributed by atoms with Crippen LogP contribution in [0, 0.1) is 6.92 Å². The van der Waals surface area contributed by atoms with E-state index in [0.29, 0.717) is 0 Å². The van der Waals surface area contributed by atoms with Gasteiger partial charge < -0.3 is 29.4 Å². The number of phosphoric ester groups is 1. The molecule has 2 rings (SSSR count). The van der Waals surface area contributed by atoms with Gasteiger partial charge >= 0.3 is 34.1 Å². The Balaban J connectivity index is 2.09. The van der Waals surface area contributed by atoms with Crippen molar-refractivity contribution in [1.29, 1.82) is 0 Å². The molecule has 0 radical (unpaired) electrons. The molecule has 1 aromatic rings. The molecule has 20 heteroatoms. The first-order valence-electron chi connectivity index (χ1n) is 7.98. The molecule has 0 saturated carbocycles. The van der Waals surface area contributed by atoms with Gasteiger partial charge in [0.25, 0.3) is 5.56 Å². The maximum Gasteiger partial charge on any atom is 0.479 e. The molecule has 0 bridgehead atoms.